The molecule has 0 unspecified atom stereocenters. The van der Waals surface area contributed by atoms with E-state index in [-0.39, 0.29) is 12.3 Å². The van der Waals surface area contributed by atoms with Crippen molar-refractivity contribution in [3.8, 4) is 0 Å². The molecule has 2 rings (SSSR count). The second kappa shape index (κ2) is 6.01. The van der Waals surface area contributed by atoms with Crippen molar-refractivity contribution in [2.24, 2.45) is 0 Å². The maximum Gasteiger partial charge on any atom is 0.325 e. The number of hydrogen-bond acceptors (Lipinski definition) is 3. The monoisotopic (exact) mass is 273 g/mol. The first kappa shape index (κ1) is 13.8. The first-order valence-electron chi connectivity index (χ1n) is 6.18. The summed E-state index contributed by atoms with van der Waals surface area (Å²) in [7, 11) is 0. The topological polar surface area (TPSA) is 94.8 Å². The summed E-state index contributed by atoms with van der Waals surface area (Å²) < 4.78 is 0. The molecule has 0 saturated heterocycles. The maximum atomic E-state index is 11.8. The van der Waals surface area contributed by atoms with E-state index in [0.29, 0.717) is 12.2 Å². The molecule has 2 aromatic rings. The molecule has 0 fully saturated rings. The SMILES string of the molecule is Cc1ccccc1CNC(=O)Cc1cc(=O)[nH]c(=O)[nH]1. The van der Waals surface area contributed by atoms with E-state index in [1.165, 1.54) is 6.07 Å². The lowest BCUT2D eigenvalue weighted by Crippen LogP contribution is -2.29. The Bertz CT molecular complexity index is 702. The van der Waals surface area contributed by atoms with Crippen LogP contribution in [0.15, 0.2) is 39.9 Å². The van der Waals surface area contributed by atoms with Crippen molar-refractivity contribution in [3.05, 3.63) is 68.0 Å². The highest BCUT2D eigenvalue weighted by atomic mass is 16.2. The normalized spacial score (nSPS) is 10.2. The second-order valence-corrected chi connectivity index (χ2v) is 4.49. The van der Waals surface area contributed by atoms with Crippen LogP contribution in [0, 0.1) is 6.92 Å². The number of hydrogen-bond donors (Lipinski definition) is 3. The molecule has 104 valence electrons. The third-order valence-electron chi connectivity index (χ3n) is 2.90. The summed E-state index contributed by atoms with van der Waals surface area (Å²) in [5.74, 6) is -0.255. The fourth-order valence-corrected chi connectivity index (χ4v) is 1.85. The van der Waals surface area contributed by atoms with Gasteiger partial charge < -0.3 is 10.3 Å². The highest BCUT2D eigenvalue weighted by Crippen LogP contribution is 2.06. The van der Waals surface area contributed by atoms with Crippen LogP contribution in [0.25, 0.3) is 0 Å². The summed E-state index contributed by atoms with van der Waals surface area (Å²) in [6.45, 7) is 2.38. The molecule has 6 heteroatoms. The van der Waals surface area contributed by atoms with Crippen molar-refractivity contribution in [2.45, 2.75) is 19.9 Å². The van der Waals surface area contributed by atoms with Crippen molar-refractivity contribution >= 4 is 5.91 Å². The van der Waals surface area contributed by atoms with Crippen LogP contribution in [-0.4, -0.2) is 15.9 Å². The molecule has 1 heterocycles. The zero-order valence-electron chi connectivity index (χ0n) is 11.0. The number of nitrogens with one attached hydrogen (secondary N) is 3. The van der Waals surface area contributed by atoms with Gasteiger partial charge in [0, 0.05) is 18.3 Å². The van der Waals surface area contributed by atoms with Crippen molar-refractivity contribution < 1.29 is 4.79 Å². The fourth-order valence-electron chi connectivity index (χ4n) is 1.85. The van der Waals surface area contributed by atoms with Crippen LogP contribution in [-0.2, 0) is 17.8 Å². The lowest BCUT2D eigenvalue weighted by Gasteiger charge is -2.07. The number of benzene rings is 1. The molecule has 3 N–H and O–H groups in total. The van der Waals surface area contributed by atoms with Gasteiger partial charge in [0.1, 0.15) is 0 Å². The summed E-state index contributed by atoms with van der Waals surface area (Å²) in [5, 5.41) is 2.75. The second-order valence-electron chi connectivity index (χ2n) is 4.49. The molecule has 0 bridgehead atoms. The van der Waals surface area contributed by atoms with Gasteiger partial charge in [-0.15, -0.1) is 0 Å². The van der Waals surface area contributed by atoms with Crippen molar-refractivity contribution in [1.29, 1.82) is 0 Å². The van der Waals surface area contributed by atoms with Crippen LogP contribution >= 0.6 is 0 Å². The number of aromatic amines is 2. The van der Waals surface area contributed by atoms with Crippen LogP contribution in [0.1, 0.15) is 16.8 Å². The van der Waals surface area contributed by atoms with Gasteiger partial charge in [-0.25, -0.2) is 4.79 Å². The molecule has 6 nitrogen and oxygen atoms in total. The number of carbonyl (C=O) groups excluding carboxylic acids is 1. The lowest BCUT2D eigenvalue weighted by molar-refractivity contribution is -0.120. The number of aromatic nitrogens is 2. The Balaban J connectivity index is 1.98. The Morgan fingerprint density at radius 2 is 1.95 bits per heavy atom. The Morgan fingerprint density at radius 3 is 2.65 bits per heavy atom. The number of aryl methyl sites for hydroxylation is 1. The highest BCUT2D eigenvalue weighted by molar-refractivity contribution is 5.78. The smallest absolute Gasteiger partial charge is 0.325 e. The van der Waals surface area contributed by atoms with Gasteiger partial charge in [0.15, 0.2) is 0 Å². The van der Waals surface area contributed by atoms with Crippen molar-refractivity contribution in [2.75, 3.05) is 0 Å². The average molecular weight is 273 g/mol. The molecule has 0 aliphatic heterocycles. The van der Waals surface area contributed by atoms with Gasteiger partial charge >= 0.3 is 5.69 Å². The quantitative estimate of drug-likeness (QED) is 0.744. The highest BCUT2D eigenvalue weighted by Gasteiger charge is 2.06. The van der Waals surface area contributed by atoms with Crippen LogP contribution in [0.5, 0.6) is 0 Å². The minimum absolute atomic E-state index is 0.0367. The number of amides is 1. The largest absolute Gasteiger partial charge is 0.352 e. The zero-order valence-corrected chi connectivity index (χ0v) is 11.0. The zero-order chi connectivity index (χ0) is 14.5. The molecule has 0 atom stereocenters. The minimum Gasteiger partial charge on any atom is -0.352 e. The van der Waals surface area contributed by atoms with Crippen molar-refractivity contribution in [1.82, 2.24) is 15.3 Å². The van der Waals surface area contributed by atoms with Gasteiger partial charge in [0.05, 0.1) is 6.42 Å². The molecule has 0 saturated carbocycles. The van der Waals surface area contributed by atoms with E-state index in [9.17, 15) is 14.4 Å². The number of rotatable bonds is 4. The van der Waals surface area contributed by atoms with Crippen LogP contribution < -0.4 is 16.6 Å². The van der Waals surface area contributed by atoms with Gasteiger partial charge in [0.25, 0.3) is 5.56 Å². The third kappa shape index (κ3) is 3.68. The summed E-state index contributed by atoms with van der Waals surface area (Å²) in [5.41, 5.74) is 1.29. The van der Waals surface area contributed by atoms with Crippen LogP contribution in [0.4, 0.5) is 0 Å². The molecule has 0 aliphatic carbocycles. The summed E-state index contributed by atoms with van der Waals surface area (Å²) in [6, 6.07) is 8.94. The Morgan fingerprint density at radius 1 is 1.20 bits per heavy atom. The molecule has 1 aromatic carbocycles. The van der Waals surface area contributed by atoms with Crippen LogP contribution in [0.3, 0.4) is 0 Å². The summed E-state index contributed by atoms with van der Waals surface area (Å²) in [6.07, 6.45) is -0.0367. The molecule has 0 spiro atoms. The van der Waals surface area contributed by atoms with Gasteiger partial charge in [-0.1, -0.05) is 24.3 Å². The van der Waals surface area contributed by atoms with Gasteiger partial charge in [-0.2, -0.15) is 0 Å². The number of carbonyl (C=O) groups is 1. The van der Waals surface area contributed by atoms with Crippen molar-refractivity contribution in [3.63, 3.8) is 0 Å². The Labute approximate surface area is 114 Å². The fraction of sp³-hybridized carbons (Fsp3) is 0.214. The van der Waals surface area contributed by atoms with E-state index in [1.54, 1.807) is 0 Å². The lowest BCUT2D eigenvalue weighted by atomic mass is 10.1. The molecule has 1 amide bonds. The van der Waals surface area contributed by atoms with E-state index < -0.39 is 11.2 Å². The molecule has 0 aliphatic rings. The molecule has 0 radical (unpaired) electrons. The van der Waals surface area contributed by atoms with Gasteiger partial charge in [-0.3, -0.25) is 14.6 Å². The maximum absolute atomic E-state index is 11.8. The van der Waals surface area contributed by atoms with Crippen LogP contribution in [0.2, 0.25) is 0 Å². The predicted octanol–water partition coefficient (Wildman–Crippen LogP) is 0.231. The Kier molecular flexibility index (Phi) is 4.14. The van der Waals surface area contributed by atoms with E-state index in [1.807, 2.05) is 31.2 Å². The standard InChI is InChI=1S/C14H15N3O3/c1-9-4-2-3-5-10(9)8-15-12(18)6-11-7-13(19)17-14(20)16-11/h2-5,7H,6,8H2,1H3,(H,15,18)(H2,16,17,19,20). The summed E-state index contributed by atoms with van der Waals surface area (Å²) >= 11 is 0. The summed E-state index contributed by atoms with van der Waals surface area (Å²) in [4.78, 5) is 38.4. The van der Waals surface area contributed by atoms with Gasteiger partial charge in [-0.05, 0) is 18.1 Å². The molecular formula is C14H15N3O3. The first-order chi connectivity index (χ1) is 9.54. The predicted molar refractivity (Wildman–Crippen MR) is 74.4 cm³/mol. The van der Waals surface area contributed by atoms with E-state index >= 15 is 0 Å². The van der Waals surface area contributed by atoms with E-state index in [0.717, 1.165) is 11.1 Å². The van der Waals surface area contributed by atoms with E-state index in [2.05, 4.69) is 15.3 Å². The average Bonchev–Trinajstić information content (AvgIpc) is 2.36. The third-order valence-corrected chi connectivity index (χ3v) is 2.90. The Hall–Kier alpha value is -2.63. The molecular weight excluding hydrogens is 258 g/mol. The van der Waals surface area contributed by atoms with Gasteiger partial charge in [0.2, 0.25) is 5.91 Å². The molecule has 20 heavy (non-hydrogen) atoms. The minimum atomic E-state index is -0.612. The first-order valence-corrected chi connectivity index (χ1v) is 6.18. The van der Waals surface area contributed by atoms with E-state index in [4.69, 9.17) is 0 Å². The molecule has 1 aromatic heterocycles. The number of H-pyrrole nitrogens is 2.